The van der Waals surface area contributed by atoms with Crippen LogP contribution < -0.4 is 22.1 Å². The molecule has 0 unspecified atom stereocenters. The van der Waals surface area contributed by atoms with Gasteiger partial charge in [-0.05, 0) is 60.4 Å². The lowest BCUT2D eigenvalue weighted by atomic mass is 10.1. The Labute approximate surface area is 223 Å². The summed E-state index contributed by atoms with van der Waals surface area (Å²) in [5.74, 6) is 9.45. The number of alkyl halides is 3. The molecular formula is C28H29F4N7. The molecule has 0 aliphatic carbocycles. The van der Waals surface area contributed by atoms with E-state index in [0.717, 1.165) is 36.3 Å². The second kappa shape index (κ2) is 12.7. The van der Waals surface area contributed by atoms with Gasteiger partial charge in [0.25, 0.3) is 0 Å². The first-order valence-corrected chi connectivity index (χ1v) is 12.4. The maximum absolute atomic E-state index is 13.3. The predicted molar refractivity (Wildman–Crippen MR) is 142 cm³/mol. The van der Waals surface area contributed by atoms with E-state index in [9.17, 15) is 17.6 Å². The average molecular weight is 540 g/mol. The third-order valence-corrected chi connectivity index (χ3v) is 6.22. The summed E-state index contributed by atoms with van der Waals surface area (Å²) in [6.45, 7) is 2.11. The summed E-state index contributed by atoms with van der Waals surface area (Å²) in [7, 11) is 0. The highest BCUT2D eigenvalue weighted by Gasteiger charge is 2.30. The normalized spacial score (nSPS) is 13.2. The van der Waals surface area contributed by atoms with Crippen LogP contribution in [0.3, 0.4) is 0 Å². The lowest BCUT2D eigenvalue weighted by Crippen LogP contribution is -2.29. The van der Waals surface area contributed by atoms with Crippen LogP contribution in [0.2, 0.25) is 0 Å². The van der Waals surface area contributed by atoms with Crippen LogP contribution >= 0.6 is 0 Å². The number of halogens is 4. The van der Waals surface area contributed by atoms with Gasteiger partial charge in [-0.1, -0.05) is 36.4 Å². The van der Waals surface area contributed by atoms with Gasteiger partial charge in [-0.15, -0.1) is 0 Å². The van der Waals surface area contributed by atoms with E-state index in [1.807, 2.05) is 12.1 Å². The standard InChI is InChI=1S/C28H24F4N4.H5N3/c29-23-10-6-19(7-11-23)16-25-33-26(17-20-8-12-24(13-9-20)36-14-1-2-15-36)35-27(34-25)21-4-3-5-22(18-21)28(30,31)32;1-3-2/h3-13,18H,1-2,14-17H2;3H,1-2H2. The molecule has 39 heavy (non-hydrogen) atoms. The maximum atomic E-state index is 13.3. The van der Waals surface area contributed by atoms with E-state index in [2.05, 4.69) is 43.7 Å². The summed E-state index contributed by atoms with van der Waals surface area (Å²) in [5, 5.41) is 0. The Morgan fingerprint density at radius 3 is 1.85 bits per heavy atom. The largest absolute Gasteiger partial charge is 0.416 e. The van der Waals surface area contributed by atoms with Crippen molar-refractivity contribution in [3.8, 4) is 11.4 Å². The molecule has 1 aromatic heterocycles. The van der Waals surface area contributed by atoms with Gasteiger partial charge in [0.15, 0.2) is 5.82 Å². The number of benzene rings is 3. The van der Waals surface area contributed by atoms with Gasteiger partial charge in [-0.25, -0.2) is 19.3 Å². The predicted octanol–water partition coefficient (Wildman–Crippen LogP) is 4.80. The number of rotatable bonds is 6. The lowest BCUT2D eigenvalue weighted by Gasteiger charge is -2.17. The third kappa shape index (κ3) is 7.79. The molecule has 204 valence electrons. The molecule has 1 aliphatic rings. The first-order valence-electron chi connectivity index (χ1n) is 12.4. The summed E-state index contributed by atoms with van der Waals surface area (Å²) in [4.78, 5) is 15.9. The molecule has 3 aromatic carbocycles. The van der Waals surface area contributed by atoms with Crippen molar-refractivity contribution in [2.45, 2.75) is 31.9 Å². The summed E-state index contributed by atoms with van der Waals surface area (Å²) in [6, 6.07) is 19.2. The van der Waals surface area contributed by atoms with Gasteiger partial charge in [0.1, 0.15) is 17.5 Å². The van der Waals surface area contributed by atoms with Crippen molar-refractivity contribution >= 4 is 5.69 Å². The van der Waals surface area contributed by atoms with E-state index in [4.69, 9.17) is 0 Å². The molecule has 4 aromatic rings. The molecule has 1 aliphatic heterocycles. The minimum atomic E-state index is -4.47. The fourth-order valence-electron chi connectivity index (χ4n) is 4.36. The fourth-order valence-corrected chi connectivity index (χ4v) is 4.36. The van der Waals surface area contributed by atoms with Crippen LogP contribution in [-0.2, 0) is 19.0 Å². The summed E-state index contributed by atoms with van der Waals surface area (Å²) >= 11 is 0. The van der Waals surface area contributed by atoms with Gasteiger partial charge >= 0.3 is 6.18 Å². The highest BCUT2D eigenvalue weighted by molar-refractivity contribution is 5.56. The topological polar surface area (TPSA) is 106 Å². The van der Waals surface area contributed by atoms with Crippen molar-refractivity contribution in [3.05, 3.63) is 107 Å². The quantitative estimate of drug-likeness (QED) is 0.184. The molecule has 0 saturated carbocycles. The van der Waals surface area contributed by atoms with Gasteiger partial charge in [0.2, 0.25) is 0 Å². The molecule has 7 nitrogen and oxygen atoms in total. The molecule has 0 radical (unpaired) electrons. The zero-order valence-corrected chi connectivity index (χ0v) is 21.1. The molecule has 2 heterocycles. The van der Waals surface area contributed by atoms with Crippen LogP contribution in [0.5, 0.6) is 0 Å². The van der Waals surface area contributed by atoms with Crippen molar-refractivity contribution in [2.75, 3.05) is 18.0 Å². The van der Waals surface area contributed by atoms with Crippen molar-refractivity contribution in [1.82, 2.24) is 20.5 Å². The summed E-state index contributed by atoms with van der Waals surface area (Å²) in [6.07, 6.45) is -1.37. The SMILES string of the molecule is Fc1ccc(Cc2nc(Cc3ccc(N4CCCC4)cc3)nc(-c3cccc(C(F)(F)F)c3)n2)cc1.NNN. The molecule has 5 N–H and O–H groups in total. The molecule has 1 saturated heterocycles. The van der Waals surface area contributed by atoms with Crippen LogP contribution in [-0.4, -0.2) is 28.0 Å². The van der Waals surface area contributed by atoms with Crippen LogP contribution in [0, 0.1) is 5.82 Å². The minimum absolute atomic E-state index is 0.178. The number of hydrogen-bond acceptors (Lipinski definition) is 7. The number of hydrazine groups is 2. The number of nitrogens with one attached hydrogen (secondary N) is 1. The molecular weight excluding hydrogens is 510 g/mol. The molecule has 0 bridgehead atoms. The van der Waals surface area contributed by atoms with E-state index in [1.165, 1.54) is 36.7 Å². The Morgan fingerprint density at radius 1 is 0.769 bits per heavy atom. The minimum Gasteiger partial charge on any atom is -0.372 e. The highest BCUT2D eigenvalue weighted by atomic mass is 19.4. The Bertz CT molecular complexity index is 1350. The highest BCUT2D eigenvalue weighted by Crippen LogP contribution is 2.31. The first-order chi connectivity index (χ1) is 18.7. The van der Waals surface area contributed by atoms with E-state index in [1.54, 1.807) is 23.7 Å². The van der Waals surface area contributed by atoms with Gasteiger partial charge in [0, 0.05) is 37.2 Å². The van der Waals surface area contributed by atoms with E-state index < -0.39 is 11.7 Å². The smallest absolute Gasteiger partial charge is 0.372 e. The second-order valence-electron chi connectivity index (χ2n) is 9.08. The van der Waals surface area contributed by atoms with Gasteiger partial charge in [-0.3, -0.25) is 11.7 Å². The Kier molecular flexibility index (Phi) is 9.18. The van der Waals surface area contributed by atoms with Crippen LogP contribution in [0.1, 0.15) is 41.2 Å². The summed E-state index contributed by atoms with van der Waals surface area (Å²) in [5.41, 5.74) is 4.21. The third-order valence-electron chi connectivity index (χ3n) is 6.22. The average Bonchev–Trinajstić information content (AvgIpc) is 3.46. The number of nitrogens with two attached hydrogens (primary N) is 2. The number of anilines is 1. The summed E-state index contributed by atoms with van der Waals surface area (Å²) < 4.78 is 53.3. The van der Waals surface area contributed by atoms with Crippen molar-refractivity contribution in [2.24, 2.45) is 11.7 Å². The van der Waals surface area contributed by atoms with Gasteiger partial charge in [-0.2, -0.15) is 18.7 Å². The van der Waals surface area contributed by atoms with Crippen LogP contribution in [0.25, 0.3) is 11.4 Å². The Hall–Kier alpha value is -3.93. The van der Waals surface area contributed by atoms with E-state index in [-0.39, 0.29) is 17.2 Å². The number of aromatic nitrogens is 3. The zero-order valence-electron chi connectivity index (χ0n) is 21.1. The maximum Gasteiger partial charge on any atom is 0.416 e. The monoisotopic (exact) mass is 539 g/mol. The van der Waals surface area contributed by atoms with Gasteiger partial charge < -0.3 is 4.90 Å². The van der Waals surface area contributed by atoms with Crippen molar-refractivity contribution in [3.63, 3.8) is 0 Å². The molecule has 0 spiro atoms. The zero-order chi connectivity index (χ0) is 27.8. The Morgan fingerprint density at radius 2 is 1.31 bits per heavy atom. The first kappa shape index (κ1) is 28.1. The molecule has 0 amide bonds. The second-order valence-corrected chi connectivity index (χ2v) is 9.08. The molecule has 1 fully saturated rings. The fraction of sp³-hybridized carbons (Fsp3) is 0.250. The van der Waals surface area contributed by atoms with Crippen LogP contribution in [0.4, 0.5) is 23.2 Å². The number of hydrogen-bond donors (Lipinski definition) is 3. The van der Waals surface area contributed by atoms with E-state index in [0.29, 0.717) is 24.5 Å². The van der Waals surface area contributed by atoms with Gasteiger partial charge in [0.05, 0.1) is 5.56 Å². The lowest BCUT2D eigenvalue weighted by molar-refractivity contribution is -0.137. The van der Waals surface area contributed by atoms with Crippen molar-refractivity contribution < 1.29 is 17.6 Å². The van der Waals surface area contributed by atoms with E-state index >= 15 is 0 Å². The number of nitrogens with zero attached hydrogens (tertiary/aromatic N) is 4. The van der Waals surface area contributed by atoms with Crippen LogP contribution in [0.15, 0.2) is 72.8 Å². The van der Waals surface area contributed by atoms with Crippen molar-refractivity contribution in [1.29, 1.82) is 0 Å². The Balaban J connectivity index is 0.00000112. The molecule has 5 rings (SSSR count). The molecule has 11 heteroatoms. The molecule has 0 atom stereocenters.